The molecule has 2 atom stereocenters. The van der Waals surface area contributed by atoms with E-state index in [-0.39, 0.29) is 18.5 Å². The van der Waals surface area contributed by atoms with Crippen LogP contribution in [0.4, 0.5) is 0 Å². The molecule has 6 heteroatoms. The monoisotopic (exact) mass is 848 g/mol. The zero-order valence-electron chi connectivity index (χ0n) is 40.5. The summed E-state index contributed by atoms with van der Waals surface area (Å²) in [5, 5.41) is 23.2. The minimum atomic E-state index is -0.673. The number of unbranched alkanes of at least 4 members (excludes halogenated alkanes) is 37. The third-order valence-corrected chi connectivity index (χ3v) is 12.6. The van der Waals surface area contributed by atoms with Crippen LogP contribution in [0.15, 0.2) is 12.2 Å². The topological polar surface area (TPSA) is 95.9 Å². The van der Waals surface area contributed by atoms with Gasteiger partial charge in [-0.25, -0.2) is 0 Å². The predicted octanol–water partition coefficient (Wildman–Crippen LogP) is 16.1. The van der Waals surface area contributed by atoms with Crippen LogP contribution in [0.3, 0.4) is 0 Å². The molecule has 0 aromatic carbocycles. The summed E-state index contributed by atoms with van der Waals surface area (Å²) < 4.78 is 5.47. The number of nitrogens with one attached hydrogen (secondary N) is 1. The minimum absolute atomic E-state index is 0.0121. The van der Waals surface area contributed by atoms with Crippen molar-refractivity contribution in [3.63, 3.8) is 0 Å². The zero-order valence-corrected chi connectivity index (χ0v) is 40.5. The Morgan fingerprint density at radius 3 is 1.18 bits per heavy atom. The van der Waals surface area contributed by atoms with Gasteiger partial charge in [0.1, 0.15) is 0 Å². The van der Waals surface area contributed by atoms with E-state index in [9.17, 15) is 19.8 Å². The van der Waals surface area contributed by atoms with Gasteiger partial charge in [0.05, 0.1) is 25.4 Å². The highest BCUT2D eigenvalue weighted by Gasteiger charge is 2.20. The van der Waals surface area contributed by atoms with E-state index in [0.29, 0.717) is 25.9 Å². The Bertz CT molecular complexity index is 893. The third-order valence-electron chi connectivity index (χ3n) is 12.6. The predicted molar refractivity (Wildman–Crippen MR) is 260 cm³/mol. The average molecular weight is 848 g/mol. The van der Waals surface area contributed by atoms with E-state index in [0.717, 1.165) is 57.8 Å². The second-order valence-electron chi connectivity index (χ2n) is 18.6. The summed E-state index contributed by atoms with van der Waals surface area (Å²) in [5.74, 6) is -0.0616. The molecule has 0 spiro atoms. The summed E-state index contributed by atoms with van der Waals surface area (Å²) >= 11 is 0. The second-order valence-corrected chi connectivity index (χ2v) is 18.6. The smallest absolute Gasteiger partial charge is 0.305 e. The Kier molecular flexibility index (Phi) is 49.1. The molecule has 0 bridgehead atoms. The fraction of sp³-hybridized carbons (Fsp3) is 0.926. The van der Waals surface area contributed by atoms with E-state index in [4.69, 9.17) is 4.74 Å². The van der Waals surface area contributed by atoms with E-state index in [2.05, 4.69) is 31.3 Å². The molecular formula is C54H105NO5. The van der Waals surface area contributed by atoms with Crippen LogP contribution in [0.2, 0.25) is 0 Å². The van der Waals surface area contributed by atoms with Crippen molar-refractivity contribution in [3.8, 4) is 0 Å². The Balaban J connectivity index is 3.44. The van der Waals surface area contributed by atoms with Crippen molar-refractivity contribution < 1.29 is 24.5 Å². The highest BCUT2D eigenvalue weighted by molar-refractivity contribution is 5.76. The lowest BCUT2D eigenvalue weighted by Crippen LogP contribution is -2.45. The van der Waals surface area contributed by atoms with Gasteiger partial charge in [-0.15, -0.1) is 0 Å². The summed E-state index contributed by atoms with van der Waals surface area (Å²) in [4.78, 5) is 24.5. The van der Waals surface area contributed by atoms with Crippen LogP contribution in [0.5, 0.6) is 0 Å². The highest BCUT2D eigenvalue weighted by Crippen LogP contribution is 2.17. The number of hydrogen-bond acceptors (Lipinski definition) is 5. The number of aliphatic hydroxyl groups is 2. The van der Waals surface area contributed by atoms with Crippen LogP contribution >= 0.6 is 0 Å². The SMILES string of the molecule is CCCCCCCC/C=C\CCCCCCCCCC(=O)OCCCCCCCCCCCCCCC(=O)NC(CO)C(O)CCCCCCCCCCCCCCCC. The van der Waals surface area contributed by atoms with E-state index in [1.54, 1.807) is 0 Å². The van der Waals surface area contributed by atoms with Crippen LogP contribution in [0.25, 0.3) is 0 Å². The summed E-state index contributed by atoms with van der Waals surface area (Å²) in [6.07, 6.45) is 57.5. The number of carbonyl (C=O) groups excluding carboxylic acids is 2. The fourth-order valence-corrected chi connectivity index (χ4v) is 8.40. The van der Waals surface area contributed by atoms with Crippen molar-refractivity contribution in [1.82, 2.24) is 5.32 Å². The van der Waals surface area contributed by atoms with Gasteiger partial charge in [-0.2, -0.15) is 0 Å². The molecule has 0 fully saturated rings. The summed E-state index contributed by atoms with van der Waals surface area (Å²) in [6, 6.07) is -0.552. The maximum Gasteiger partial charge on any atom is 0.305 e. The van der Waals surface area contributed by atoms with Gasteiger partial charge in [-0.05, 0) is 51.4 Å². The Morgan fingerprint density at radius 2 is 0.783 bits per heavy atom. The fourth-order valence-electron chi connectivity index (χ4n) is 8.40. The molecule has 0 aliphatic heterocycles. The number of carbonyl (C=O) groups is 2. The second kappa shape index (κ2) is 50.2. The van der Waals surface area contributed by atoms with Crippen LogP contribution in [-0.4, -0.2) is 47.4 Å². The number of allylic oxidation sites excluding steroid dienone is 2. The van der Waals surface area contributed by atoms with Crippen molar-refractivity contribution >= 4 is 11.9 Å². The Labute approximate surface area is 374 Å². The van der Waals surface area contributed by atoms with Crippen LogP contribution in [0, 0.1) is 0 Å². The number of amides is 1. The Morgan fingerprint density at radius 1 is 0.450 bits per heavy atom. The molecule has 0 aliphatic rings. The molecule has 0 rings (SSSR count). The first-order valence-corrected chi connectivity index (χ1v) is 26.9. The summed E-state index contributed by atoms with van der Waals surface area (Å²) in [6.45, 7) is 4.92. The van der Waals surface area contributed by atoms with Gasteiger partial charge in [0, 0.05) is 12.8 Å². The molecule has 3 N–H and O–H groups in total. The molecule has 0 aromatic heterocycles. The molecule has 1 amide bonds. The molecule has 0 saturated heterocycles. The van der Waals surface area contributed by atoms with Gasteiger partial charge in [0.2, 0.25) is 5.91 Å². The first kappa shape index (κ1) is 58.6. The number of rotatable bonds is 50. The number of hydrogen-bond donors (Lipinski definition) is 3. The first-order valence-electron chi connectivity index (χ1n) is 26.9. The van der Waals surface area contributed by atoms with E-state index < -0.39 is 12.1 Å². The van der Waals surface area contributed by atoms with E-state index in [1.807, 2.05) is 0 Å². The number of ether oxygens (including phenoxy) is 1. The van der Waals surface area contributed by atoms with E-state index in [1.165, 1.54) is 205 Å². The van der Waals surface area contributed by atoms with Crippen molar-refractivity contribution in [2.24, 2.45) is 0 Å². The average Bonchev–Trinajstić information content (AvgIpc) is 3.25. The lowest BCUT2D eigenvalue weighted by molar-refractivity contribution is -0.143. The van der Waals surface area contributed by atoms with Crippen LogP contribution < -0.4 is 5.32 Å². The van der Waals surface area contributed by atoms with Gasteiger partial charge in [0.25, 0.3) is 0 Å². The molecule has 356 valence electrons. The third kappa shape index (κ3) is 46.1. The lowest BCUT2D eigenvalue weighted by atomic mass is 10.0. The van der Waals surface area contributed by atoms with Crippen molar-refractivity contribution in [3.05, 3.63) is 12.2 Å². The van der Waals surface area contributed by atoms with E-state index >= 15 is 0 Å². The molecular weight excluding hydrogens is 743 g/mol. The van der Waals surface area contributed by atoms with Crippen molar-refractivity contribution in [2.45, 2.75) is 309 Å². The molecule has 2 unspecified atom stereocenters. The standard InChI is InChI=1S/C54H105NO5/c1-3-5-7-9-11-13-15-17-19-20-21-23-28-32-36-40-44-48-54(59)60-49-45-41-37-33-29-25-24-27-31-35-39-43-47-53(58)55-51(50-56)52(57)46-42-38-34-30-26-22-18-16-14-12-10-8-6-4-2/h17,19,51-52,56-57H,3-16,18,20-50H2,1-2H3,(H,55,58)/b19-17-. The summed E-state index contributed by atoms with van der Waals surface area (Å²) in [7, 11) is 0. The maximum atomic E-state index is 12.4. The molecule has 0 aliphatic carbocycles. The van der Waals surface area contributed by atoms with Crippen molar-refractivity contribution in [2.75, 3.05) is 13.2 Å². The molecule has 0 radical (unpaired) electrons. The van der Waals surface area contributed by atoms with Crippen molar-refractivity contribution in [1.29, 1.82) is 0 Å². The largest absolute Gasteiger partial charge is 0.466 e. The van der Waals surface area contributed by atoms with Gasteiger partial charge >= 0.3 is 5.97 Å². The number of esters is 1. The van der Waals surface area contributed by atoms with Crippen LogP contribution in [-0.2, 0) is 14.3 Å². The minimum Gasteiger partial charge on any atom is -0.466 e. The molecule has 0 saturated carbocycles. The lowest BCUT2D eigenvalue weighted by Gasteiger charge is -2.22. The number of aliphatic hydroxyl groups excluding tert-OH is 2. The van der Waals surface area contributed by atoms with Gasteiger partial charge in [0.15, 0.2) is 0 Å². The maximum absolute atomic E-state index is 12.4. The normalized spacial score (nSPS) is 12.7. The van der Waals surface area contributed by atoms with Gasteiger partial charge in [-0.3, -0.25) is 9.59 Å². The highest BCUT2D eigenvalue weighted by atomic mass is 16.5. The van der Waals surface area contributed by atoms with Gasteiger partial charge < -0.3 is 20.3 Å². The zero-order chi connectivity index (χ0) is 43.7. The van der Waals surface area contributed by atoms with Gasteiger partial charge in [-0.1, -0.05) is 244 Å². The van der Waals surface area contributed by atoms with Crippen LogP contribution in [0.1, 0.15) is 296 Å². The quantitative estimate of drug-likeness (QED) is 0.0322. The molecule has 60 heavy (non-hydrogen) atoms. The summed E-state index contributed by atoms with van der Waals surface area (Å²) in [5.41, 5.74) is 0. The molecule has 0 heterocycles. The molecule has 0 aromatic rings. The Hall–Kier alpha value is -1.40. The molecule has 6 nitrogen and oxygen atoms in total. The first-order chi connectivity index (χ1) is 29.5.